The van der Waals surface area contributed by atoms with Crippen LogP contribution in [0.1, 0.15) is 50.5 Å². The molecule has 0 bridgehead atoms. The Morgan fingerprint density at radius 2 is 1.88 bits per heavy atom. The zero-order chi connectivity index (χ0) is 23.7. The van der Waals surface area contributed by atoms with Crippen molar-refractivity contribution in [2.45, 2.75) is 68.5 Å². The van der Waals surface area contributed by atoms with Crippen LogP contribution in [0.15, 0.2) is 42.5 Å². The van der Waals surface area contributed by atoms with Crippen LogP contribution in [-0.4, -0.2) is 49.8 Å². The molecule has 2 aliphatic carbocycles. The number of rotatable bonds is 6. The SMILES string of the molecule is COc1ccc(C23CCC(NC(=O)Nc4cccc(Cl)c4)CC2N(C2CCC2)CC3)cc1OC. The Morgan fingerprint density at radius 3 is 2.59 bits per heavy atom. The Morgan fingerprint density at radius 1 is 1.06 bits per heavy atom. The van der Waals surface area contributed by atoms with E-state index >= 15 is 0 Å². The number of hydrogen-bond acceptors (Lipinski definition) is 4. The molecule has 2 saturated carbocycles. The van der Waals surface area contributed by atoms with Crippen LogP contribution < -0.4 is 20.1 Å². The summed E-state index contributed by atoms with van der Waals surface area (Å²) in [5.74, 6) is 1.55. The van der Waals surface area contributed by atoms with Gasteiger partial charge in [0, 0.05) is 34.3 Å². The third-order valence-electron chi connectivity index (χ3n) is 8.22. The van der Waals surface area contributed by atoms with Crippen LogP contribution in [0.4, 0.5) is 10.5 Å². The molecule has 2 amide bonds. The van der Waals surface area contributed by atoms with Gasteiger partial charge in [0.05, 0.1) is 14.2 Å². The first-order valence-electron chi connectivity index (χ1n) is 12.3. The smallest absolute Gasteiger partial charge is 0.319 e. The van der Waals surface area contributed by atoms with Crippen LogP contribution in [0.3, 0.4) is 0 Å². The number of carbonyl (C=O) groups excluding carboxylic acids is 1. The van der Waals surface area contributed by atoms with Crippen LogP contribution >= 0.6 is 11.6 Å². The fraction of sp³-hybridized carbons (Fsp3) is 0.519. The molecule has 1 heterocycles. The van der Waals surface area contributed by atoms with E-state index in [1.54, 1.807) is 26.4 Å². The molecule has 2 aromatic rings. The van der Waals surface area contributed by atoms with Crippen molar-refractivity contribution >= 4 is 23.3 Å². The summed E-state index contributed by atoms with van der Waals surface area (Å²) in [6.07, 6.45) is 7.97. The molecule has 1 aliphatic heterocycles. The first-order chi connectivity index (χ1) is 16.5. The zero-order valence-electron chi connectivity index (χ0n) is 20.0. The molecule has 5 rings (SSSR count). The van der Waals surface area contributed by atoms with E-state index in [4.69, 9.17) is 21.1 Å². The maximum absolute atomic E-state index is 12.8. The third kappa shape index (κ3) is 4.34. The van der Waals surface area contributed by atoms with Gasteiger partial charge < -0.3 is 20.1 Å². The Labute approximate surface area is 206 Å². The van der Waals surface area contributed by atoms with Crippen LogP contribution in [0.2, 0.25) is 5.02 Å². The van der Waals surface area contributed by atoms with Crippen molar-refractivity contribution in [1.29, 1.82) is 0 Å². The highest BCUT2D eigenvalue weighted by molar-refractivity contribution is 6.30. The second kappa shape index (κ2) is 9.67. The van der Waals surface area contributed by atoms with Crippen molar-refractivity contribution in [2.24, 2.45) is 0 Å². The van der Waals surface area contributed by atoms with Gasteiger partial charge in [-0.1, -0.05) is 30.2 Å². The Hall–Kier alpha value is -2.44. The number of methoxy groups -OCH3 is 2. The minimum atomic E-state index is -0.168. The second-order valence-electron chi connectivity index (χ2n) is 9.89. The average molecular weight is 484 g/mol. The summed E-state index contributed by atoms with van der Waals surface area (Å²) in [5, 5.41) is 6.78. The van der Waals surface area contributed by atoms with Crippen molar-refractivity contribution in [2.75, 3.05) is 26.1 Å². The van der Waals surface area contributed by atoms with E-state index in [9.17, 15) is 4.79 Å². The molecule has 0 radical (unpaired) electrons. The predicted octanol–water partition coefficient (Wildman–Crippen LogP) is 5.60. The van der Waals surface area contributed by atoms with Crippen molar-refractivity contribution in [3.63, 3.8) is 0 Å². The Kier molecular flexibility index (Phi) is 6.63. The van der Waals surface area contributed by atoms with Gasteiger partial charge in [-0.05, 0) is 81.0 Å². The summed E-state index contributed by atoms with van der Waals surface area (Å²) in [4.78, 5) is 15.5. The summed E-state index contributed by atoms with van der Waals surface area (Å²) in [6.45, 7) is 1.12. The summed E-state index contributed by atoms with van der Waals surface area (Å²) in [6, 6.07) is 14.7. The molecule has 3 fully saturated rings. The molecule has 6 nitrogen and oxygen atoms in total. The lowest BCUT2D eigenvalue weighted by atomic mass is 9.64. The van der Waals surface area contributed by atoms with Gasteiger partial charge in [0.1, 0.15) is 0 Å². The molecule has 3 aliphatic rings. The molecule has 34 heavy (non-hydrogen) atoms. The highest BCUT2D eigenvalue weighted by Crippen LogP contribution is 2.52. The number of nitrogens with one attached hydrogen (secondary N) is 2. The van der Waals surface area contributed by atoms with Gasteiger partial charge in [0.15, 0.2) is 11.5 Å². The van der Waals surface area contributed by atoms with Crippen molar-refractivity contribution in [1.82, 2.24) is 10.2 Å². The Bertz CT molecular complexity index is 1040. The van der Waals surface area contributed by atoms with Crippen LogP contribution in [-0.2, 0) is 5.41 Å². The standard InChI is InChI=1S/C27H34ClN3O3/c1-33-23-10-9-18(15-24(23)34-2)27-12-11-21(17-25(27)31(14-13-27)22-7-4-8-22)30-26(32)29-20-6-3-5-19(28)16-20/h3,5-6,9-10,15-16,21-22,25H,4,7-8,11-14,17H2,1-2H3,(H2,29,30,32). The van der Waals surface area contributed by atoms with Crippen LogP contribution in [0.25, 0.3) is 0 Å². The number of benzene rings is 2. The van der Waals surface area contributed by atoms with Gasteiger partial charge in [0.2, 0.25) is 0 Å². The molecule has 2 aromatic carbocycles. The van der Waals surface area contributed by atoms with E-state index < -0.39 is 0 Å². The van der Waals surface area contributed by atoms with Gasteiger partial charge in [-0.25, -0.2) is 4.79 Å². The van der Waals surface area contributed by atoms with Crippen molar-refractivity contribution < 1.29 is 14.3 Å². The van der Waals surface area contributed by atoms with Gasteiger partial charge in [-0.15, -0.1) is 0 Å². The first-order valence-corrected chi connectivity index (χ1v) is 12.7. The topological polar surface area (TPSA) is 62.8 Å². The molecular formula is C27H34ClN3O3. The number of carbonyl (C=O) groups is 1. The average Bonchev–Trinajstić information content (AvgIpc) is 3.17. The highest BCUT2D eigenvalue weighted by atomic mass is 35.5. The lowest BCUT2D eigenvalue weighted by Gasteiger charge is -2.48. The lowest BCUT2D eigenvalue weighted by molar-refractivity contribution is 0.0646. The number of fused-ring (bicyclic) bond motifs is 1. The molecule has 182 valence electrons. The Balaban J connectivity index is 1.36. The summed E-state index contributed by atoms with van der Waals surface area (Å²) in [7, 11) is 3.38. The number of hydrogen-bond donors (Lipinski definition) is 2. The monoisotopic (exact) mass is 483 g/mol. The molecule has 3 unspecified atom stereocenters. The maximum atomic E-state index is 12.8. The fourth-order valence-corrected chi connectivity index (χ4v) is 6.46. The van der Waals surface area contributed by atoms with Gasteiger partial charge >= 0.3 is 6.03 Å². The van der Waals surface area contributed by atoms with E-state index in [0.717, 1.165) is 43.7 Å². The van der Waals surface area contributed by atoms with Crippen molar-refractivity contribution in [3.05, 3.63) is 53.1 Å². The lowest BCUT2D eigenvalue weighted by Crippen LogP contribution is -2.55. The second-order valence-corrected chi connectivity index (χ2v) is 10.3. The number of likely N-dealkylation sites (tertiary alicyclic amines) is 1. The predicted molar refractivity (Wildman–Crippen MR) is 135 cm³/mol. The van der Waals surface area contributed by atoms with Gasteiger partial charge in [0.25, 0.3) is 0 Å². The van der Waals surface area contributed by atoms with Gasteiger partial charge in [-0.2, -0.15) is 0 Å². The summed E-state index contributed by atoms with van der Waals surface area (Å²) < 4.78 is 11.1. The third-order valence-corrected chi connectivity index (χ3v) is 8.46. The highest BCUT2D eigenvalue weighted by Gasteiger charge is 2.53. The maximum Gasteiger partial charge on any atom is 0.319 e. The first kappa shape index (κ1) is 23.3. The van der Waals surface area contributed by atoms with E-state index in [1.165, 1.54) is 24.8 Å². The molecule has 2 N–H and O–H groups in total. The van der Waals surface area contributed by atoms with Crippen LogP contribution in [0.5, 0.6) is 11.5 Å². The quantitative estimate of drug-likeness (QED) is 0.561. The summed E-state index contributed by atoms with van der Waals surface area (Å²) in [5.41, 5.74) is 2.12. The largest absolute Gasteiger partial charge is 0.493 e. The van der Waals surface area contributed by atoms with E-state index in [2.05, 4.69) is 27.7 Å². The minimum Gasteiger partial charge on any atom is -0.493 e. The molecular weight excluding hydrogens is 450 g/mol. The molecule has 1 saturated heterocycles. The molecule has 7 heteroatoms. The number of amides is 2. The molecule has 0 aromatic heterocycles. The van der Waals surface area contributed by atoms with E-state index in [1.807, 2.05) is 18.2 Å². The number of ether oxygens (including phenoxy) is 2. The zero-order valence-corrected chi connectivity index (χ0v) is 20.7. The number of anilines is 1. The van der Waals surface area contributed by atoms with Gasteiger partial charge in [-0.3, -0.25) is 4.90 Å². The molecule has 0 spiro atoms. The van der Waals surface area contributed by atoms with Crippen LogP contribution in [0, 0.1) is 0 Å². The molecule has 3 atom stereocenters. The minimum absolute atomic E-state index is 0.0801. The number of halogens is 1. The fourth-order valence-electron chi connectivity index (χ4n) is 6.27. The van der Waals surface area contributed by atoms with E-state index in [0.29, 0.717) is 22.8 Å². The summed E-state index contributed by atoms with van der Waals surface area (Å²) >= 11 is 6.07. The number of urea groups is 1. The normalized spacial score (nSPS) is 26.9. The number of nitrogens with zero attached hydrogens (tertiary/aromatic N) is 1. The van der Waals surface area contributed by atoms with Crippen molar-refractivity contribution in [3.8, 4) is 11.5 Å². The van der Waals surface area contributed by atoms with E-state index in [-0.39, 0.29) is 17.5 Å².